The Hall–Kier alpha value is -0.770. The van der Waals surface area contributed by atoms with Gasteiger partial charge in [-0.3, -0.25) is 5.09 Å². The van der Waals surface area contributed by atoms with E-state index in [0.29, 0.717) is 12.1 Å². The van der Waals surface area contributed by atoms with Crippen molar-refractivity contribution in [1.82, 2.24) is 15.1 Å². The molecule has 0 radical (unpaired) electrons. The molecule has 1 aromatic carbocycles. The van der Waals surface area contributed by atoms with Gasteiger partial charge in [-0.25, -0.2) is 9.97 Å². The fourth-order valence-electron chi connectivity index (χ4n) is 3.10. The summed E-state index contributed by atoms with van der Waals surface area (Å²) in [4.78, 5) is 9.14. The number of anilines is 1. The Morgan fingerprint density at radius 1 is 1.09 bits per heavy atom. The minimum Gasteiger partial charge on any atom is -0.350 e. The van der Waals surface area contributed by atoms with Gasteiger partial charge in [0, 0.05) is 28.1 Å². The molecule has 22 heavy (non-hydrogen) atoms. The highest BCUT2D eigenvalue weighted by molar-refractivity contribution is 9.10. The molecular weight excluding hydrogens is 359 g/mol. The van der Waals surface area contributed by atoms with Crippen molar-refractivity contribution in [2.24, 2.45) is 0 Å². The molecule has 2 aromatic rings. The highest BCUT2D eigenvalue weighted by Crippen LogP contribution is 2.22. The van der Waals surface area contributed by atoms with Crippen LogP contribution in [0.1, 0.15) is 38.5 Å². The molecule has 0 bridgehead atoms. The Labute approximate surface area is 142 Å². The van der Waals surface area contributed by atoms with Gasteiger partial charge in [0.2, 0.25) is 5.95 Å². The Morgan fingerprint density at radius 3 is 2.64 bits per heavy atom. The van der Waals surface area contributed by atoms with Crippen molar-refractivity contribution in [3.63, 3.8) is 0 Å². The number of benzene rings is 1. The van der Waals surface area contributed by atoms with Crippen molar-refractivity contribution >= 4 is 42.2 Å². The molecule has 2 N–H and O–H groups in total. The molecule has 0 aliphatic heterocycles. The fourth-order valence-corrected chi connectivity index (χ4v) is 3.87. The predicted molar refractivity (Wildman–Crippen MR) is 99.0 cm³/mol. The van der Waals surface area contributed by atoms with E-state index in [9.17, 15) is 0 Å². The number of halogens is 1. The van der Waals surface area contributed by atoms with E-state index in [1.165, 1.54) is 32.1 Å². The summed E-state index contributed by atoms with van der Waals surface area (Å²) in [6.45, 7) is 0. The molecule has 1 aliphatic rings. The van der Waals surface area contributed by atoms with Crippen LogP contribution in [-0.4, -0.2) is 22.1 Å². The number of nitrogens with zero attached hydrogens (tertiary/aromatic N) is 2. The standard InChI is InChI=1S/C16H22BrN4P/c17-12-7-8-13-11(9-12)10-18-16(19-13)20-14-5-3-1-2-4-6-15(14)21-22/h7-10,14-15,21H,1-6,22H2,(H,18,19,20). The van der Waals surface area contributed by atoms with Gasteiger partial charge in [0.15, 0.2) is 0 Å². The van der Waals surface area contributed by atoms with Gasteiger partial charge >= 0.3 is 0 Å². The van der Waals surface area contributed by atoms with E-state index in [4.69, 9.17) is 0 Å². The van der Waals surface area contributed by atoms with Crippen LogP contribution < -0.4 is 10.4 Å². The zero-order valence-electron chi connectivity index (χ0n) is 12.6. The van der Waals surface area contributed by atoms with Crippen LogP contribution >= 0.6 is 25.3 Å². The minimum atomic E-state index is 0.380. The molecule has 1 saturated carbocycles. The summed E-state index contributed by atoms with van der Waals surface area (Å²) in [5, 5.41) is 7.98. The Balaban J connectivity index is 1.79. The first kappa shape index (κ1) is 16.1. The lowest BCUT2D eigenvalue weighted by molar-refractivity contribution is 0.404. The van der Waals surface area contributed by atoms with E-state index in [2.05, 4.69) is 45.7 Å². The van der Waals surface area contributed by atoms with E-state index in [1.807, 2.05) is 24.4 Å². The van der Waals surface area contributed by atoms with Crippen LogP contribution in [0, 0.1) is 0 Å². The number of rotatable bonds is 3. The van der Waals surface area contributed by atoms with Crippen molar-refractivity contribution in [3.05, 3.63) is 28.9 Å². The lowest BCUT2D eigenvalue weighted by Crippen LogP contribution is -2.41. The van der Waals surface area contributed by atoms with Crippen LogP contribution in [0.5, 0.6) is 0 Å². The third-order valence-electron chi connectivity index (χ3n) is 4.34. The number of nitrogens with one attached hydrogen (secondary N) is 2. The number of fused-ring (bicyclic) bond motifs is 1. The monoisotopic (exact) mass is 380 g/mol. The Morgan fingerprint density at radius 2 is 1.86 bits per heavy atom. The van der Waals surface area contributed by atoms with E-state index < -0.39 is 0 Å². The third-order valence-corrected chi connectivity index (χ3v) is 5.26. The topological polar surface area (TPSA) is 49.8 Å². The zero-order chi connectivity index (χ0) is 15.4. The van der Waals surface area contributed by atoms with Crippen molar-refractivity contribution < 1.29 is 0 Å². The molecule has 1 aliphatic carbocycles. The molecule has 1 aromatic heterocycles. The van der Waals surface area contributed by atoms with Gasteiger partial charge in [-0.2, -0.15) is 0 Å². The van der Waals surface area contributed by atoms with Gasteiger partial charge in [-0.1, -0.05) is 51.0 Å². The van der Waals surface area contributed by atoms with Gasteiger partial charge in [0.05, 0.1) is 5.52 Å². The second-order valence-corrected chi connectivity index (χ2v) is 7.16. The average Bonchev–Trinajstić information content (AvgIpc) is 2.50. The second kappa shape index (κ2) is 7.67. The summed E-state index contributed by atoms with van der Waals surface area (Å²) in [5.41, 5.74) is 0.974. The summed E-state index contributed by atoms with van der Waals surface area (Å²) in [6, 6.07) is 6.92. The molecule has 6 heteroatoms. The number of hydrogen-bond acceptors (Lipinski definition) is 4. The summed E-state index contributed by atoms with van der Waals surface area (Å²) in [5.74, 6) is 0.727. The SMILES string of the molecule is PNC1CCCCCCC1Nc1ncc2cc(Br)ccc2n1. The van der Waals surface area contributed by atoms with Gasteiger partial charge < -0.3 is 5.32 Å². The molecule has 1 heterocycles. The number of aromatic nitrogens is 2. The molecule has 0 spiro atoms. The molecule has 0 saturated heterocycles. The largest absolute Gasteiger partial charge is 0.350 e. The lowest BCUT2D eigenvalue weighted by atomic mass is 9.93. The maximum atomic E-state index is 4.66. The first-order valence-corrected chi connectivity index (χ1v) is 9.28. The first-order chi connectivity index (χ1) is 10.8. The molecular formula is C16H22BrN4P. The van der Waals surface area contributed by atoms with Crippen LogP contribution in [0.15, 0.2) is 28.9 Å². The summed E-state index contributed by atoms with van der Waals surface area (Å²) < 4.78 is 1.05. The van der Waals surface area contributed by atoms with Crippen molar-refractivity contribution in [3.8, 4) is 0 Å². The van der Waals surface area contributed by atoms with Gasteiger partial charge in [-0.15, -0.1) is 0 Å². The van der Waals surface area contributed by atoms with Crippen LogP contribution in [0.4, 0.5) is 5.95 Å². The summed E-state index contributed by atoms with van der Waals surface area (Å²) >= 11 is 3.48. The van der Waals surface area contributed by atoms with E-state index in [-0.39, 0.29) is 0 Å². The maximum Gasteiger partial charge on any atom is 0.223 e. The molecule has 1 fully saturated rings. The Kier molecular flexibility index (Phi) is 5.61. The molecule has 4 nitrogen and oxygen atoms in total. The first-order valence-electron chi connectivity index (χ1n) is 7.91. The van der Waals surface area contributed by atoms with E-state index in [1.54, 1.807) is 0 Å². The highest BCUT2D eigenvalue weighted by atomic mass is 79.9. The summed E-state index contributed by atoms with van der Waals surface area (Å²) in [7, 11) is 2.67. The molecule has 3 rings (SSSR count). The normalized spacial score (nSPS) is 23.0. The van der Waals surface area contributed by atoms with Crippen LogP contribution in [0.3, 0.4) is 0 Å². The van der Waals surface area contributed by atoms with Crippen LogP contribution in [0.2, 0.25) is 0 Å². The maximum absolute atomic E-state index is 4.66. The summed E-state index contributed by atoms with van der Waals surface area (Å²) in [6.07, 6.45) is 9.47. The van der Waals surface area contributed by atoms with Crippen molar-refractivity contribution in [1.29, 1.82) is 0 Å². The third kappa shape index (κ3) is 3.95. The molecule has 3 unspecified atom stereocenters. The minimum absolute atomic E-state index is 0.380. The highest BCUT2D eigenvalue weighted by Gasteiger charge is 2.22. The average molecular weight is 381 g/mol. The van der Waals surface area contributed by atoms with Gasteiger partial charge in [0.1, 0.15) is 0 Å². The van der Waals surface area contributed by atoms with Crippen LogP contribution in [-0.2, 0) is 0 Å². The Bertz CT molecular complexity index is 637. The van der Waals surface area contributed by atoms with Gasteiger partial charge in [0.25, 0.3) is 0 Å². The quantitative estimate of drug-likeness (QED) is 0.780. The molecule has 118 valence electrons. The van der Waals surface area contributed by atoms with Crippen LogP contribution in [0.25, 0.3) is 10.9 Å². The lowest BCUT2D eigenvalue weighted by Gasteiger charge is -2.29. The smallest absolute Gasteiger partial charge is 0.223 e. The molecule has 3 atom stereocenters. The van der Waals surface area contributed by atoms with Crippen molar-refractivity contribution in [2.75, 3.05) is 5.32 Å². The van der Waals surface area contributed by atoms with E-state index >= 15 is 0 Å². The van der Waals surface area contributed by atoms with Gasteiger partial charge in [-0.05, 0) is 31.0 Å². The van der Waals surface area contributed by atoms with E-state index in [0.717, 1.165) is 27.7 Å². The second-order valence-electron chi connectivity index (χ2n) is 5.91. The predicted octanol–water partition coefficient (Wildman–Crippen LogP) is 4.28. The molecule has 0 amide bonds. The number of hydrogen-bond donors (Lipinski definition) is 2. The zero-order valence-corrected chi connectivity index (χ0v) is 15.3. The van der Waals surface area contributed by atoms with Crippen molar-refractivity contribution in [2.45, 2.75) is 50.6 Å². The fraction of sp³-hybridized carbons (Fsp3) is 0.500.